The number of hydroxylamine groups is 1. The second kappa shape index (κ2) is 9.57. The summed E-state index contributed by atoms with van der Waals surface area (Å²) in [5.41, 5.74) is 4.54. The first kappa shape index (κ1) is 17.8. The summed E-state index contributed by atoms with van der Waals surface area (Å²) in [6.45, 7) is 0.360. The number of methoxy groups -OCH3 is 2. The van der Waals surface area contributed by atoms with E-state index >= 15 is 0 Å². The number of aryl methyl sites for hydroxylation is 1. The predicted octanol–water partition coefficient (Wildman–Crippen LogP) is 3.27. The monoisotopic (exact) mass is 329 g/mol. The van der Waals surface area contributed by atoms with Gasteiger partial charge in [-0.05, 0) is 30.0 Å². The van der Waals surface area contributed by atoms with E-state index < -0.39 is 0 Å². The lowest BCUT2D eigenvalue weighted by molar-refractivity contribution is -0.134. The fraction of sp³-hybridized carbons (Fsp3) is 0.316. The quantitative estimate of drug-likeness (QED) is 0.717. The molecule has 0 unspecified atom stereocenters. The van der Waals surface area contributed by atoms with Gasteiger partial charge in [-0.15, -0.1) is 0 Å². The van der Waals surface area contributed by atoms with Crippen molar-refractivity contribution >= 4 is 5.91 Å². The van der Waals surface area contributed by atoms with Crippen LogP contribution in [0.3, 0.4) is 0 Å². The molecule has 0 spiro atoms. The average molecular weight is 329 g/mol. The van der Waals surface area contributed by atoms with Gasteiger partial charge in [0, 0.05) is 12.5 Å². The van der Waals surface area contributed by atoms with Gasteiger partial charge in [-0.25, -0.2) is 5.48 Å². The standard InChI is InChI=1S/C19H23NO4/c1-22-17-12-11-16(18(13-17)23-2)9-6-10-19(21)20-24-14-15-7-4-3-5-8-15/h3-5,7-8,11-13H,6,9-10,14H2,1-2H3,(H,20,21). The SMILES string of the molecule is COc1ccc(CCCC(=O)NOCc2ccccc2)c(OC)c1. The molecule has 1 amide bonds. The van der Waals surface area contributed by atoms with Crippen molar-refractivity contribution in [3.63, 3.8) is 0 Å². The van der Waals surface area contributed by atoms with Crippen molar-refractivity contribution in [1.29, 1.82) is 0 Å². The fourth-order valence-electron chi connectivity index (χ4n) is 2.32. The topological polar surface area (TPSA) is 56.8 Å². The van der Waals surface area contributed by atoms with Gasteiger partial charge >= 0.3 is 0 Å². The van der Waals surface area contributed by atoms with Crippen LogP contribution in [-0.2, 0) is 22.7 Å². The van der Waals surface area contributed by atoms with Crippen LogP contribution in [0.2, 0.25) is 0 Å². The lowest BCUT2D eigenvalue weighted by Gasteiger charge is -2.10. The van der Waals surface area contributed by atoms with E-state index in [1.807, 2.05) is 48.5 Å². The first-order valence-corrected chi connectivity index (χ1v) is 7.88. The highest BCUT2D eigenvalue weighted by molar-refractivity contribution is 5.74. The summed E-state index contributed by atoms with van der Waals surface area (Å²) in [6, 6.07) is 15.4. The van der Waals surface area contributed by atoms with Crippen molar-refractivity contribution in [3.8, 4) is 11.5 Å². The minimum absolute atomic E-state index is 0.126. The molecule has 1 N–H and O–H groups in total. The van der Waals surface area contributed by atoms with Gasteiger partial charge in [0.15, 0.2) is 0 Å². The molecule has 5 heteroatoms. The highest BCUT2D eigenvalue weighted by Crippen LogP contribution is 2.25. The average Bonchev–Trinajstić information content (AvgIpc) is 2.62. The molecular formula is C19H23NO4. The molecule has 0 bridgehead atoms. The van der Waals surface area contributed by atoms with Crippen molar-refractivity contribution in [2.75, 3.05) is 14.2 Å². The number of ether oxygens (including phenoxy) is 2. The maximum absolute atomic E-state index is 11.8. The molecule has 5 nitrogen and oxygen atoms in total. The molecule has 2 aromatic carbocycles. The molecule has 0 radical (unpaired) electrons. The third-order valence-corrected chi connectivity index (χ3v) is 3.61. The Hall–Kier alpha value is -2.53. The zero-order valence-electron chi connectivity index (χ0n) is 14.1. The second-order valence-electron chi connectivity index (χ2n) is 5.33. The summed E-state index contributed by atoms with van der Waals surface area (Å²) in [4.78, 5) is 17.0. The third-order valence-electron chi connectivity index (χ3n) is 3.61. The van der Waals surface area contributed by atoms with E-state index in [0.29, 0.717) is 19.4 Å². The van der Waals surface area contributed by atoms with Crippen molar-refractivity contribution in [1.82, 2.24) is 5.48 Å². The summed E-state index contributed by atoms with van der Waals surface area (Å²) < 4.78 is 10.5. The van der Waals surface area contributed by atoms with Crippen molar-refractivity contribution in [2.45, 2.75) is 25.9 Å². The van der Waals surface area contributed by atoms with Crippen LogP contribution in [0, 0.1) is 0 Å². The van der Waals surface area contributed by atoms with Crippen molar-refractivity contribution < 1.29 is 19.1 Å². The van der Waals surface area contributed by atoms with Crippen molar-refractivity contribution in [2.24, 2.45) is 0 Å². The number of carbonyl (C=O) groups excluding carboxylic acids is 1. The van der Waals surface area contributed by atoms with Crippen LogP contribution in [0.15, 0.2) is 48.5 Å². The molecular weight excluding hydrogens is 306 g/mol. The van der Waals surface area contributed by atoms with E-state index in [-0.39, 0.29) is 5.91 Å². The Morgan fingerprint density at radius 1 is 1.04 bits per heavy atom. The van der Waals surface area contributed by atoms with Gasteiger partial charge in [0.05, 0.1) is 20.8 Å². The first-order chi connectivity index (χ1) is 11.7. The minimum Gasteiger partial charge on any atom is -0.497 e. The summed E-state index contributed by atoms with van der Waals surface area (Å²) in [7, 11) is 3.25. The predicted molar refractivity (Wildman–Crippen MR) is 91.9 cm³/mol. The summed E-state index contributed by atoms with van der Waals surface area (Å²) in [6.07, 6.45) is 1.85. The minimum atomic E-state index is -0.126. The molecule has 24 heavy (non-hydrogen) atoms. The zero-order valence-corrected chi connectivity index (χ0v) is 14.1. The van der Waals surface area contributed by atoms with Crippen LogP contribution in [0.25, 0.3) is 0 Å². The Morgan fingerprint density at radius 3 is 2.54 bits per heavy atom. The van der Waals surface area contributed by atoms with Gasteiger partial charge in [0.25, 0.3) is 0 Å². The molecule has 0 aliphatic carbocycles. The molecule has 0 aromatic heterocycles. The molecule has 128 valence electrons. The van der Waals surface area contributed by atoms with E-state index in [1.54, 1.807) is 14.2 Å². The van der Waals surface area contributed by atoms with E-state index in [1.165, 1.54) is 0 Å². The van der Waals surface area contributed by atoms with E-state index in [2.05, 4.69) is 5.48 Å². The van der Waals surface area contributed by atoms with Gasteiger partial charge in [-0.1, -0.05) is 36.4 Å². The van der Waals surface area contributed by atoms with Gasteiger partial charge in [-0.2, -0.15) is 0 Å². The van der Waals surface area contributed by atoms with E-state index in [9.17, 15) is 4.79 Å². The van der Waals surface area contributed by atoms with Gasteiger partial charge < -0.3 is 9.47 Å². The summed E-state index contributed by atoms with van der Waals surface area (Å²) >= 11 is 0. The number of amides is 1. The summed E-state index contributed by atoms with van der Waals surface area (Å²) in [5, 5.41) is 0. The molecule has 0 heterocycles. The lowest BCUT2D eigenvalue weighted by Crippen LogP contribution is -2.23. The Bertz CT molecular complexity index is 643. The number of carbonyl (C=O) groups is 1. The molecule has 0 aliphatic rings. The van der Waals surface area contributed by atoms with E-state index in [0.717, 1.165) is 29.0 Å². The highest BCUT2D eigenvalue weighted by Gasteiger charge is 2.07. The Kier molecular flexibility index (Phi) is 7.11. The van der Waals surface area contributed by atoms with Crippen LogP contribution in [-0.4, -0.2) is 20.1 Å². The van der Waals surface area contributed by atoms with Crippen LogP contribution in [0.5, 0.6) is 11.5 Å². The summed E-state index contributed by atoms with van der Waals surface area (Å²) in [5.74, 6) is 1.40. The van der Waals surface area contributed by atoms with Crippen LogP contribution >= 0.6 is 0 Å². The Morgan fingerprint density at radius 2 is 1.83 bits per heavy atom. The van der Waals surface area contributed by atoms with E-state index in [4.69, 9.17) is 14.3 Å². The fourth-order valence-corrected chi connectivity index (χ4v) is 2.32. The highest BCUT2D eigenvalue weighted by atomic mass is 16.6. The number of rotatable bonds is 9. The molecule has 2 aromatic rings. The zero-order chi connectivity index (χ0) is 17.2. The lowest BCUT2D eigenvalue weighted by atomic mass is 10.1. The Labute approximate surface area is 142 Å². The maximum atomic E-state index is 11.8. The normalized spacial score (nSPS) is 10.2. The van der Waals surface area contributed by atoms with Crippen LogP contribution in [0.1, 0.15) is 24.0 Å². The molecule has 0 saturated heterocycles. The smallest absolute Gasteiger partial charge is 0.243 e. The number of hydrogen-bond acceptors (Lipinski definition) is 4. The Balaban J connectivity index is 1.70. The first-order valence-electron chi connectivity index (χ1n) is 7.88. The largest absolute Gasteiger partial charge is 0.497 e. The number of nitrogens with one attached hydrogen (secondary N) is 1. The molecule has 2 rings (SSSR count). The third kappa shape index (κ3) is 5.59. The molecule has 0 atom stereocenters. The van der Waals surface area contributed by atoms with Crippen LogP contribution < -0.4 is 15.0 Å². The molecule has 0 aliphatic heterocycles. The number of benzene rings is 2. The van der Waals surface area contributed by atoms with Crippen molar-refractivity contribution in [3.05, 3.63) is 59.7 Å². The van der Waals surface area contributed by atoms with Gasteiger partial charge in [0.2, 0.25) is 5.91 Å². The molecule has 0 saturated carbocycles. The second-order valence-corrected chi connectivity index (χ2v) is 5.33. The molecule has 0 fully saturated rings. The number of hydrogen-bond donors (Lipinski definition) is 1. The van der Waals surface area contributed by atoms with Gasteiger partial charge in [0.1, 0.15) is 11.5 Å². The van der Waals surface area contributed by atoms with Crippen LogP contribution in [0.4, 0.5) is 0 Å². The maximum Gasteiger partial charge on any atom is 0.243 e. The van der Waals surface area contributed by atoms with Gasteiger partial charge in [-0.3, -0.25) is 9.63 Å².